The van der Waals surface area contributed by atoms with E-state index in [1.54, 1.807) is 25.5 Å². The summed E-state index contributed by atoms with van der Waals surface area (Å²) in [5.74, 6) is 3.06. The van der Waals surface area contributed by atoms with Gasteiger partial charge >= 0.3 is 0 Å². The molecule has 10 heteroatoms. The monoisotopic (exact) mass is 465 g/mol. The summed E-state index contributed by atoms with van der Waals surface area (Å²) in [6.45, 7) is 0. The van der Waals surface area contributed by atoms with E-state index in [9.17, 15) is 0 Å². The fourth-order valence-corrected chi connectivity index (χ4v) is 4.04. The molecule has 0 bridgehead atoms. The van der Waals surface area contributed by atoms with Gasteiger partial charge in [0, 0.05) is 10.7 Å². The van der Waals surface area contributed by atoms with Crippen LogP contribution in [0.2, 0.25) is 5.02 Å². The van der Waals surface area contributed by atoms with Crippen LogP contribution >= 0.6 is 23.4 Å². The highest BCUT2D eigenvalue weighted by Crippen LogP contribution is 2.34. The van der Waals surface area contributed by atoms with Gasteiger partial charge in [0.25, 0.3) is 5.89 Å². The molecule has 0 atom stereocenters. The third kappa shape index (κ3) is 4.00. The van der Waals surface area contributed by atoms with E-state index in [4.69, 9.17) is 25.2 Å². The Morgan fingerprint density at radius 3 is 2.59 bits per heavy atom. The Morgan fingerprint density at radius 1 is 0.969 bits per heavy atom. The van der Waals surface area contributed by atoms with Gasteiger partial charge in [-0.3, -0.25) is 4.57 Å². The number of hydrogen-bond donors (Lipinski definition) is 0. The number of hydrogen-bond acceptors (Lipinski definition) is 8. The van der Waals surface area contributed by atoms with Crippen molar-refractivity contribution in [3.63, 3.8) is 0 Å². The molecule has 32 heavy (non-hydrogen) atoms. The molecule has 160 valence electrons. The van der Waals surface area contributed by atoms with Crippen molar-refractivity contribution in [2.75, 3.05) is 7.11 Å². The Kier molecular flexibility index (Phi) is 5.66. The van der Waals surface area contributed by atoms with Gasteiger partial charge in [0.1, 0.15) is 5.75 Å². The summed E-state index contributed by atoms with van der Waals surface area (Å²) < 4.78 is 18.5. The van der Waals surface area contributed by atoms with Crippen molar-refractivity contribution in [2.24, 2.45) is 0 Å². The molecule has 0 amide bonds. The van der Waals surface area contributed by atoms with Crippen LogP contribution in [0.3, 0.4) is 0 Å². The third-order valence-electron chi connectivity index (χ3n) is 4.59. The maximum atomic E-state index is 6.10. The first-order chi connectivity index (χ1) is 15.7. The summed E-state index contributed by atoms with van der Waals surface area (Å²) in [6, 6.07) is 18.7. The highest BCUT2D eigenvalue weighted by molar-refractivity contribution is 7.98. The van der Waals surface area contributed by atoms with Crippen LogP contribution in [0, 0.1) is 0 Å². The van der Waals surface area contributed by atoms with Crippen LogP contribution in [0.1, 0.15) is 5.89 Å². The highest BCUT2D eigenvalue weighted by Gasteiger charge is 2.20. The molecule has 0 unspecified atom stereocenters. The van der Waals surface area contributed by atoms with E-state index in [1.165, 1.54) is 11.8 Å². The molecule has 3 aromatic heterocycles. The second-order valence-electron chi connectivity index (χ2n) is 6.59. The zero-order valence-electron chi connectivity index (χ0n) is 16.8. The topological polar surface area (TPSA) is 92.0 Å². The van der Waals surface area contributed by atoms with Gasteiger partial charge in [-0.15, -0.1) is 20.4 Å². The lowest BCUT2D eigenvalue weighted by Gasteiger charge is -2.12. The molecule has 5 rings (SSSR count). The van der Waals surface area contributed by atoms with Crippen molar-refractivity contribution in [1.29, 1.82) is 0 Å². The fourth-order valence-electron chi connectivity index (χ4n) is 3.13. The molecule has 0 spiro atoms. The van der Waals surface area contributed by atoms with Gasteiger partial charge in [-0.2, -0.15) is 0 Å². The Morgan fingerprint density at radius 2 is 1.81 bits per heavy atom. The molecule has 0 N–H and O–H groups in total. The lowest BCUT2D eigenvalue weighted by Crippen LogP contribution is -2.01. The minimum atomic E-state index is 0.333. The molecule has 0 aliphatic rings. The number of halogens is 1. The maximum Gasteiger partial charge on any atom is 0.283 e. The van der Waals surface area contributed by atoms with Crippen molar-refractivity contribution < 1.29 is 13.6 Å². The summed E-state index contributed by atoms with van der Waals surface area (Å²) in [5.41, 5.74) is 1.69. The summed E-state index contributed by atoms with van der Waals surface area (Å²) in [7, 11) is 1.63. The Labute approximate surface area is 192 Å². The first-order valence-corrected chi connectivity index (χ1v) is 10.9. The van der Waals surface area contributed by atoms with Crippen molar-refractivity contribution in [1.82, 2.24) is 25.0 Å². The van der Waals surface area contributed by atoms with E-state index < -0.39 is 0 Å². The quantitative estimate of drug-likeness (QED) is 0.289. The van der Waals surface area contributed by atoms with Crippen LogP contribution in [-0.2, 0) is 5.75 Å². The second kappa shape index (κ2) is 8.89. The molecule has 0 fully saturated rings. The van der Waals surface area contributed by atoms with E-state index in [0.29, 0.717) is 45.0 Å². The number of methoxy groups -OCH3 is 1. The number of para-hydroxylation sites is 1. The van der Waals surface area contributed by atoms with Crippen molar-refractivity contribution in [2.45, 2.75) is 10.9 Å². The number of benzene rings is 2. The van der Waals surface area contributed by atoms with Crippen LogP contribution in [0.5, 0.6) is 5.75 Å². The van der Waals surface area contributed by atoms with Gasteiger partial charge in [-0.25, -0.2) is 0 Å². The van der Waals surface area contributed by atoms with Crippen molar-refractivity contribution >= 4 is 23.4 Å². The first-order valence-electron chi connectivity index (χ1n) is 9.57. The fraction of sp³-hybridized carbons (Fsp3) is 0.0909. The van der Waals surface area contributed by atoms with Gasteiger partial charge in [-0.05, 0) is 48.5 Å². The van der Waals surface area contributed by atoms with Crippen molar-refractivity contribution in [3.05, 3.63) is 77.8 Å². The van der Waals surface area contributed by atoms with Gasteiger partial charge < -0.3 is 13.6 Å². The number of rotatable bonds is 7. The Balaban J connectivity index is 1.49. The summed E-state index contributed by atoms with van der Waals surface area (Å²) >= 11 is 7.53. The second-order valence-corrected chi connectivity index (χ2v) is 7.96. The summed E-state index contributed by atoms with van der Waals surface area (Å²) in [5, 5.41) is 18.3. The van der Waals surface area contributed by atoms with E-state index in [0.717, 1.165) is 11.3 Å². The Bertz CT molecular complexity index is 1330. The van der Waals surface area contributed by atoms with Gasteiger partial charge in [-0.1, -0.05) is 35.5 Å². The molecule has 0 saturated carbocycles. The SMILES string of the molecule is COc1ccccc1-c1nnc(SCc2nnc(-c3ccco3)o2)n1-c1ccc(Cl)cc1. The minimum Gasteiger partial charge on any atom is -0.496 e. The molecule has 0 saturated heterocycles. The van der Waals surface area contributed by atoms with Gasteiger partial charge in [0.15, 0.2) is 16.7 Å². The Hall–Kier alpha value is -3.56. The molecule has 0 radical (unpaired) electrons. The van der Waals surface area contributed by atoms with Crippen LogP contribution in [0.15, 0.2) is 80.9 Å². The predicted octanol–water partition coefficient (Wildman–Crippen LogP) is 5.53. The number of furan rings is 1. The standard InChI is InChI=1S/C22H16ClN5O3S/c1-29-17-6-3-2-5-16(17)20-25-27-22(28(20)15-10-8-14(23)9-11-15)32-13-19-24-26-21(31-19)18-7-4-12-30-18/h2-12H,13H2,1H3. The molecule has 0 aliphatic carbocycles. The van der Waals surface area contributed by atoms with E-state index in [2.05, 4.69) is 20.4 Å². The molecule has 5 aromatic rings. The van der Waals surface area contributed by atoms with Gasteiger partial charge in [0.05, 0.1) is 24.7 Å². The lowest BCUT2D eigenvalue weighted by atomic mass is 10.2. The number of thioether (sulfide) groups is 1. The average Bonchev–Trinajstić information content (AvgIpc) is 3.59. The zero-order valence-corrected chi connectivity index (χ0v) is 18.4. The van der Waals surface area contributed by atoms with Gasteiger partial charge in [0.2, 0.25) is 5.89 Å². The zero-order chi connectivity index (χ0) is 21.9. The first kappa shape index (κ1) is 20.3. The summed E-state index contributed by atoms with van der Waals surface area (Å²) in [6.07, 6.45) is 1.56. The van der Waals surface area contributed by atoms with Crippen LogP contribution in [0.4, 0.5) is 0 Å². The third-order valence-corrected chi connectivity index (χ3v) is 5.76. The van der Waals surface area contributed by atoms with Crippen LogP contribution in [-0.4, -0.2) is 32.1 Å². The average molecular weight is 466 g/mol. The van der Waals surface area contributed by atoms with E-state index in [1.807, 2.05) is 53.1 Å². The van der Waals surface area contributed by atoms with Crippen LogP contribution in [0.25, 0.3) is 28.7 Å². The molecule has 3 heterocycles. The normalized spacial score (nSPS) is 11.1. The molecule has 0 aliphatic heterocycles. The lowest BCUT2D eigenvalue weighted by molar-refractivity contribution is 0.416. The molecular weight excluding hydrogens is 450 g/mol. The van der Waals surface area contributed by atoms with E-state index in [-0.39, 0.29) is 0 Å². The number of ether oxygens (including phenoxy) is 1. The molecule has 8 nitrogen and oxygen atoms in total. The summed E-state index contributed by atoms with van der Waals surface area (Å²) in [4.78, 5) is 0. The highest BCUT2D eigenvalue weighted by atomic mass is 35.5. The molecule has 2 aromatic carbocycles. The van der Waals surface area contributed by atoms with Crippen LogP contribution < -0.4 is 4.74 Å². The number of aromatic nitrogens is 5. The largest absolute Gasteiger partial charge is 0.496 e. The smallest absolute Gasteiger partial charge is 0.283 e. The minimum absolute atomic E-state index is 0.333. The maximum absolute atomic E-state index is 6.10. The predicted molar refractivity (Wildman–Crippen MR) is 120 cm³/mol. The number of nitrogens with zero attached hydrogens (tertiary/aromatic N) is 5. The van der Waals surface area contributed by atoms with E-state index >= 15 is 0 Å². The van der Waals surface area contributed by atoms with Crippen molar-refractivity contribution in [3.8, 4) is 34.5 Å². The molecular formula is C22H16ClN5O3S.